The van der Waals surface area contributed by atoms with Crippen molar-refractivity contribution in [2.45, 2.75) is 37.1 Å². The lowest BCUT2D eigenvalue weighted by Gasteiger charge is -2.14. The predicted molar refractivity (Wildman–Crippen MR) is 162 cm³/mol. The average Bonchev–Trinajstić information content (AvgIpc) is 3.40. The number of likely N-dealkylation sites (tertiary alicyclic amines) is 1. The summed E-state index contributed by atoms with van der Waals surface area (Å²) in [6.45, 7) is 5.41. The van der Waals surface area contributed by atoms with Gasteiger partial charge in [0.1, 0.15) is 0 Å². The minimum absolute atomic E-state index is 0. The summed E-state index contributed by atoms with van der Waals surface area (Å²) in [5, 5.41) is 11.7. The van der Waals surface area contributed by atoms with Crippen molar-refractivity contribution in [2.24, 2.45) is 5.14 Å². The van der Waals surface area contributed by atoms with E-state index in [9.17, 15) is 13.2 Å². The normalized spacial score (nSPS) is 13.4. The molecule has 0 unspecified atom stereocenters. The lowest BCUT2D eigenvalue weighted by Crippen LogP contribution is -2.34. The number of primary sulfonamides is 1. The summed E-state index contributed by atoms with van der Waals surface area (Å²) in [6, 6.07) is 23.3. The highest BCUT2D eigenvalue weighted by molar-refractivity contribution is 7.89. The summed E-state index contributed by atoms with van der Waals surface area (Å²) >= 11 is 0. The first-order valence-corrected chi connectivity index (χ1v) is 14.4. The molecule has 1 aliphatic heterocycles. The Bertz CT molecular complexity index is 1300. The van der Waals surface area contributed by atoms with Crippen molar-refractivity contribution in [2.75, 3.05) is 32.7 Å². The van der Waals surface area contributed by atoms with Crippen molar-refractivity contribution in [3.63, 3.8) is 0 Å². The van der Waals surface area contributed by atoms with Crippen LogP contribution in [0.25, 0.3) is 11.1 Å². The van der Waals surface area contributed by atoms with Crippen LogP contribution in [-0.2, 0) is 34.2 Å². The molecule has 1 heterocycles. The molecule has 1 amide bonds. The van der Waals surface area contributed by atoms with Gasteiger partial charge in [0.2, 0.25) is 15.9 Å². The van der Waals surface area contributed by atoms with Crippen molar-refractivity contribution in [3.05, 3.63) is 89.5 Å². The van der Waals surface area contributed by atoms with Crippen molar-refractivity contribution in [3.8, 4) is 11.1 Å². The first-order valence-electron chi connectivity index (χ1n) is 12.9. The third kappa shape index (κ3) is 10.6. The average molecular weight is 594 g/mol. The summed E-state index contributed by atoms with van der Waals surface area (Å²) in [5.41, 5.74) is 5.44. The van der Waals surface area contributed by atoms with Gasteiger partial charge in [-0.25, -0.2) is 13.6 Å². The molecule has 0 bridgehead atoms. The standard InChI is InChI=1S/C29H36N4O3S.2ClH/c30-37(35,36)28-11-9-23(10-12-28)13-14-31-22-25-6-4-8-27(20-25)26-7-3-5-24(19-26)21-29(34)32-15-18-33-16-1-2-17-33;;/h3-12,19-20,31H,1-2,13-18,21-22H2,(H,32,34)(H2,30,35,36);2*1H. The second-order valence-corrected chi connectivity index (χ2v) is 11.2. The minimum atomic E-state index is -3.66. The molecule has 1 saturated heterocycles. The summed E-state index contributed by atoms with van der Waals surface area (Å²) in [5.74, 6) is 0.0635. The lowest BCUT2D eigenvalue weighted by molar-refractivity contribution is -0.120. The molecule has 212 valence electrons. The van der Waals surface area contributed by atoms with Gasteiger partial charge in [0.25, 0.3) is 0 Å². The maximum absolute atomic E-state index is 12.4. The molecule has 0 atom stereocenters. The van der Waals surface area contributed by atoms with Crippen LogP contribution in [0.5, 0.6) is 0 Å². The van der Waals surface area contributed by atoms with Gasteiger partial charge >= 0.3 is 0 Å². The van der Waals surface area contributed by atoms with Crippen LogP contribution in [0.3, 0.4) is 0 Å². The Morgan fingerprint density at radius 3 is 2.08 bits per heavy atom. The second-order valence-electron chi connectivity index (χ2n) is 9.59. The van der Waals surface area contributed by atoms with Crippen LogP contribution in [0.2, 0.25) is 0 Å². The summed E-state index contributed by atoms with van der Waals surface area (Å²) in [6.07, 6.45) is 3.69. The van der Waals surface area contributed by atoms with E-state index in [2.05, 4.69) is 51.9 Å². The number of carbonyl (C=O) groups excluding carboxylic acids is 1. The Hall–Kier alpha value is -2.46. The topological polar surface area (TPSA) is 105 Å². The fourth-order valence-electron chi connectivity index (χ4n) is 4.64. The van der Waals surface area contributed by atoms with Gasteiger partial charge in [-0.15, -0.1) is 24.8 Å². The fourth-order valence-corrected chi connectivity index (χ4v) is 5.16. The first kappa shape index (κ1) is 32.8. The van der Waals surface area contributed by atoms with Crippen LogP contribution in [0.1, 0.15) is 29.5 Å². The van der Waals surface area contributed by atoms with Gasteiger partial charge in [0.15, 0.2) is 0 Å². The molecule has 1 fully saturated rings. The van der Waals surface area contributed by atoms with Crippen LogP contribution in [0.15, 0.2) is 77.7 Å². The predicted octanol–water partition coefficient (Wildman–Crippen LogP) is 3.93. The molecule has 0 aliphatic carbocycles. The van der Waals surface area contributed by atoms with E-state index in [0.717, 1.165) is 61.4 Å². The number of halogens is 2. The number of benzene rings is 3. The number of amides is 1. The molecule has 1 aliphatic rings. The molecular weight excluding hydrogens is 555 g/mol. The molecule has 39 heavy (non-hydrogen) atoms. The Labute approximate surface area is 244 Å². The van der Waals surface area contributed by atoms with Gasteiger partial charge in [-0.1, -0.05) is 54.6 Å². The Morgan fingerprint density at radius 2 is 1.44 bits per heavy atom. The molecule has 0 aromatic heterocycles. The van der Waals surface area contributed by atoms with Gasteiger partial charge in [0.05, 0.1) is 11.3 Å². The minimum Gasteiger partial charge on any atom is -0.355 e. The van der Waals surface area contributed by atoms with E-state index in [1.165, 1.54) is 18.4 Å². The van der Waals surface area contributed by atoms with Crippen molar-refractivity contribution < 1.29 is 13.2 Å². The number of carbonyl (C=O) groups is 1. The fraction of sp³-hybridized carbons (Fsp3) is 0.345. The Kier molecular flexibility index (Phi) is 13.4. The number of nitrogens with zero attached hydrogens (tertiary/aromatic N) is 1. The molecular formula is C29H38Cl2N4O3S. The van der Waals surface area contributed by atoms with E-state index >= 15 is 0 Å². The highest BCUT2D eigenvalue weighted by atomic mass is 35.5. The number of nitrogens with two attached hydrogens (primary N) is 1. The van der Waals surface area contributed by atoms with Crippen LogP contribution >= 0.6 is 24.8 Å². The zero-order valence-electron chi connectivity index (χ0n) is 22.0. The summed E-state index contributed by atoms with van der Waals surface area (Å²) in [7, 11) is -3.66. The summed E-state index contributed by atoms with van der Waals surface area (Å²) < 4.78 is 22.8. The molecule has 3 aromatic carbocycles. The number of sulfonamides is 1. The molecule has 0 radical (unpaired) electrons. The van der Waals surface area contributed by atoms with Crippen molar-refractivity contribution in [1.29, 1.82) is 0 Å². The molecule has 10 heteroatoms. The Morgan fingerprint density at radius 1 is 0.821 bits per heavy atom. The van der Waals surface area contributed by atoms with Gasteiger partial charge < -0.3 is 15.5 Å². The third-order valence-electron chi connectivity index (χ3n) is 6.67. The number of hydrogen-bond acceptors (Lipinski definition) is 5. The Balaban J connectivity index is 0.00000267. The maximum atomic E-state index is 12.4. The van der Waals surface area contributed by atoms with E-state index in [4.69, 9.17) is 5.14 Å². The molecule has 4 rings (SSSR count). The zero-order valence-corrected chi connectivity index (χ0v) is 24.4. The smallest absolute Gasteiger partial charge is 0.238 e. The highest BCUT2D eigenvalue weighted by Gasteiger charge is 2.12. The van der Waals surface area contributed by atoms with E-state index in [-0.39, 0.29) is 35.6 Å². The zero-order chi connectivity index (χ0) is 26.1. The van der Waals surface area contributed by atoms with Crippen LogP contribution in [0.4, 0.5) is 0 Å². The van der Waals surface area contributed by atoms with Crippen LogP contribution < -0.4 is 15.8 Å². The second kappa shape index (κ2) is 16.0. The molecule has 4 N–H and O–H groups in total. The quantitative estimate of drug-likeness (QED) is 0.276. The number of rotatable bonds is 12. The highest BCUT2D eigenvalue weighted by Crippen LogP contribution is 2.22. The van der Waals surface area contributed by atoms with Crippen LogP contribution in [-0.4, -0.2) is 51.9 Å². The van der Waals surface area contributed by atoms with Gasteiger partial charge in [0, 0.05) is 19.6 Å². The number of hydrogen-bond donors (Lipinski definition) is 3. The van der Waals surface area contributed by atoms with Gasteiger partial charge in [-0.05, 0) is 84.9 Å². The van der Waals surface area contributed by atoms with E-state index in [0.29, 0.717) is 13.0 Å². The van der Waals surface area contributed by atoms with Gasteiger partial charge in [-0.2, -0.15) is 0 Å². The largest absolute Gasteiger partial charge is 0.355 e. The van der Waals surface area contributed by atoms with Gasteiger partial charge in [-0.3, -0.25) is 4.79 Å². The molecule has 3 aromatic rings. The van der Waals surface area contributed by atoms with E-state index in [1.54, 1.807) is 24.3 Å². The maximum Gasteiger partial charge on any atom is 0.238 e. The van der Waals surface area contributed by atoms with Crippen LogP contribution in [0, 0.1) is 0 Å². The SMILES string of the molecule is Cl.Cl.NS(=O)(=O)c1ccc(CCNCc2cccc(-c3cccc(CC(=O)NCCN4CCCC4)c3)c2)cc1. The first-order chi connectivity index (χ1) is 17.9. The molecule has 0 saturated carbocycles. The molecule has 0 spiro atoms. The van der Waals surface area contributed by atoms with E-state index in [1.807, 2.05) is 12.1 Å². The lowest BCUT2D eigenvalue weighted by atomic mass is 10.00. The van der Waals surface area contributed by atoms with Crippen molar-refractivity contribution >= 4 is 40.7 Å². The van der Waals surface area contributed by atoms with Crippen molar-refractivity contribution in [1.82, 2.24) is 15.5 Å². The molecule has 7 nitrogen and oxygen atoms in total. The third-order valence-corrected chi connectivity index (χ3v) is 7.60. The monoisotopic (exact) mass is 592 g/mol. The number of nitrogens with one attached hydrogen (secondary N) is 2. The van der Waals surface area contributed by atoms with E-state index < -0.39 is 10.0 Å². The summed E-state index contributed by atoms with van der Waals surface area (Å²) in [4.78, 5) is 15.0.